The molecule has 4 heteroatoms. The number of piperidine rings is 1. The highest BCUT2D eigenvalue weighted by Crippen LogP contribution is 2.28. The largest absolute Gasteiger partial charge is 0.355 e. The molecule has 0 amide bonds. The van der Waals surface area contributed by atoms with E-state index in [1.165, 1.54) is 44.3 Å². The normalized spacial score (nSPS) is 25.9. The number of hydrogen-bond donors (Lipinski definition) is 1. The molecule has 0 saturated carbocycles. The molecular formula is C16H26N4. The zero-order valence-corrected chi connectivity index (χ0v) is 12.5. The number of pyridine rings is 1. The van der Waals surface area contributed by atoms with Crippen molar-refractivity contribution in [1.29, 1.82) is 0 Å². The number of nitrogens with two attached hydrogens (primary N) is 1. The van der Waals surface area contributed by atoms with E-state index in [0.29, 0.717) is 6.04 Å². The third-order valence-corrected chi connectivity index (χ3v) is 4.68. The third kappa shape index (κ3) is 2.81. The average Bonchev–Trinajstić information content (AvgIpc) is 2.98. The van der Waals surface area contributed by atoms with Gasteiger partial charge in [-0.05, 0) is 45.3 Å². The topological polar surface area (TPSA) is 45.4 Å². The Labute approximate surface area is 122 Å². The van der Waals surface area contributed by atoms with Gasteiger partial charge in [-0.15, -0.1) is 0 Å². The molecule has 0 aliphatic carbocycles. The molecule has 3 heterocycles. The van der Waals surface area contributed by atoms with E-state index >= 15 is 0 Å². The number of aromatic nitrogens is 1. The van der Waals surface area contributed by atoms with E-state index in [9.17, 15) is 0 Å². The van der Waals surface area contributed by atoms with Crippen molar-refractivity contribution in [2.75, 3.05) is 31.1 Å². The van der Waals surface area contributed by atoms with Gasteiger partial charge in [0.25, 0.3) is 0 Å². The van der Waals surface area contributed by atoms with Crippen molar-refractivity contribution >= 4 is 5.82 Å². The van der Waals surface area contributed by atoms with E-state index in [2.05, 4.69) is 20.9 Å². The van der Waals surface area contributed by atoms with E-state index in [0.717, 1.165) is 18.9 Å². The van der Waals surface area contributed by atoms with Crippen LogP contribution in [0.2, 0.25) is 0 Å². The fraction of sp³-hybridized carbons (Fsp3) is 0.688. The summed E-state index contributed by atoms with van der Waals surface area (Å²) in [5.41, 5.74) is 7.26. The van der Waals surface area contributed by atoms with Crippen LogP contribution in [-0.2, 0) is 0 Å². The highest BCUT2D eigenvalue weighted by atomic mass is 15.3. The maximum absolute atomic E-state index is 6.08. The second-order valence-electron chi connectivity index (χ2n) is 6.19. The van der Waals surface area contributed by atoms with Crippen molar-refractivity contribution in [1.82, 2.24) is 9.88 Å². The summed E-state index contributed by atoms with van der Waals surface area (Å²) in [4.78, 5) is 9.70. The molecule has 2 saturated heterocycles. The summed E-state index contributed by atoms with van der Waals surface area (Å²) in [6.07, 6.45) is 7.28. The monoisotopic (exact) mass is 274 g/mol. The van der Waals surface area contributed by atoms with Crippen LogP contribution >= 0.6 is 0 Å². The number of rotatable bonds is 3. The summed E-state index contributed by atoms with van der Waals surface area (Å²) in [5.74, 6) is 1.10. The van der Waals surface area contributed by atoms with E-state index in [-0.39, 0.29) is 6.04 Å². The number of anilines is 1. The molecule has 0 bridgehead atoms. The van der Waals surface area contributed by atoms with Crippen LogP contribution in [0.1, 0.15) is 44.2 Å². The number of likely N-dealkylation sites (tertiary alicyclic amines) is 1. The van der Waals surface area contributed by atoms with Crippen molar-refractivity contribution in [2.24, 2.45) is 5.73 Å². The highest BCUT2D eigenvalue weighted by Gasteiger charge is 2.30. The van der Waals surface area contributed by atoms with Crippen LogP contribution < -0.4 is 10.6 Å². The molecule has 0 radical (unpaired) electrons. The Kier molecular flexibility index (Phi) is 4.22. The highest BCUT2D eigenvalue weighted by molar-refractivity contribution is 5.49. The van der Waals surface area contributed by atoms with E-state index in [1.807, 2.05) is 19.2 Å². The van der Waals surface area contributed by atoms with Gasteiger partial charge in [-0.2, -0.15) is 0 Å². The molecule has 110 valence electrons. The summed E-state index contributed by atoms with van der Waals surface area (Å²) in [6, 6.07) is 4.85. The van der Waals surface area contributed by atoms with Gasteiger partial charge in [0.05, 0.1) is 0 Å². The fourth-order valence-electron chi connectivity index (χ4n) is 3.54. The van der Waals surface area contributed by atoms with E-state index in [4.69, 9.17) is 5.73 Å². The fourth-order valence-corrected chi connectivity index (χ4v) is 3.54. The Hall–Kier alpha value is -1.13. The lowest BCUT2D eigenvalue weighted by Crippen LogP contribution is -2.41. The lowest BCUT2D eigenvalue weighted by atomic mass is 10.1. The van der Waals surface area contributed by atoms with Gasteiger partial charge < -0.3 is 10.6 Å². The van der Waals surface area contributed by atoms with Gasteiger partial charge in [0, 0.05) is 36.9 Å². The smallest absolute Gasteiger partial charge is 0.133 e. The lowest BCUT2D eigenvalue weighted by Gasteiger charge is -2.32. The van der Waals surface area contributed by atoms with Crippen LogP contribution in [0.25, 0.3) is 0 Å². The maximum atomic E-state index is 6.08. The van der Waals surface area contributed by atoms with Crippen LogP contribution in [-0.4, -0.2) is 42.1 Å². The Balaban J connectivity index is 1.70. The van der Waals surface area contributed by atoms with Crippen LogP contribution in [0.3, 0.4) is 0 Å². The molecule has 2 atom stereocenters. The molecule has 2 aliphatic heterocycles. The first-order chi connectivity index (χ1) is 9.75. The Morgan fingerprint density at radius 1 is 1.25 bits per heavy atom. The van der Waals surface area contributed by atoms with Crippen LogP contribution in [0.5, 0.6) is 0 Å². The van der Waals surface area contributed by atoms with Crippen molar-refractivity contribution in [2.45, 2.75) is 44.7 Å². The zero-order valence-electron chi connectivity index (χ0n) is 12.5. The Bertz CT molecular complexity index is 440. The first-order valence-corrected chi connectivity index (χ1v) is 7.95. The van der Waals surface area contributed by atoms with Gasteiger partial charge in [0.15, 0.2) is 0 Å². The minimum absolute atomic E-state index is 0.0488. The lowest BCUT2D eigenvalue weighted by molar-refractivity contribution is 0.174. The number of hydrogen-bond acceptors (Lipinski definition) is 4. The predicted molar refractivity (Wildman–Crippen MR) is 82.9 cm³/mol. The zero-order chi connectivity index (χ0) is 13.9. The molecule has 0 aromatic carbocycles. The van der Waals surface area contributed by atoms with Gasteiger partial charge in [-0.3, -0.25) is 4.90 Å². The molecule has 4 nitrogen and oxygen atoms in total. The SMILES string of the molecule is CC(N)c1cccnc1N1CCC(N2CCCCC2)C1. The maximum Gasteiger partial charge on any atom is 0.133 e. The molecule has 1 aromatic rings. The summed E-state index contributed by atoms with van der Waals surface area (Å²) in [5, 5.41) is 0. The minimum Gasteiger partial charge on any atom is -0.355 e. The summed E-state index contributed by atoms with van der Waals surface area (Å²) >= 11 is 0. The molecule has 2 unspecified atom stereocenters. The van der Waals surface area contributed by atoms with E-state index < -0.39 is 0 Å². The van der Waals surface area contributed by atoms with Gasteiger partial charge in [0.2, 0.25) is 0 Å². The molecule has 3 rings (SSSR count). The summed E-state index contributed by atoms with van der Waals surface area (Å²) in [7, 11) is 0. The van der Waals surface area contributed by atoms with Crippen molar-refractivity contribution < 1.29 is 0 Å². The third-order valence-electron chi connectivity index (χ3n) is 4.68. The van der Waals surface area contributed by atoms with Crippen molar-refractivity contribution in [3.63, 3.8) is 0 Å². The average molecular weight is 274 g/mol. The van der Waals surface area contributed by atoms with Crippen molar-refractivity contribution in [3.05, 3.63) is 23.9 Å². The van der Waals surface area contributed by atoms with Gasteiger partial charge in [-0.1, -0.05) is 12.5 Å². The first-order valence-electron chi connectivity index (χ1n) is 7.95. The van der Waals surface area contributed by atoms with Gasteiger partial charge in [-0.25, -0.2) is 4.98 Å². The van der Waals surface area contributed by atoms with Crippen LogP contribution in [0.15, 0.2) is 18.3 Å². The number of nitrogens with zero attached hydrogens (tertiary/aromatic N) is 3. The standard InChI is InChI=1S/C16H26N4/c1-13(17)15-6-5-8-18-16(15)20-11-7-14(12-20)19-9-3-2-4-10-19/h5-6,8,13-14H,2-4,7,9-12,17H2,1H3. The Morgan fingerprint density at radius 2 is 2.05 bits per heavy atom. The molecule has 0 spiro atoms. The van der Waals surface area contributed by atoms with Crippen molar-refractivity contribution in [3.8, 4) is 0 Å². The molecular weight excluding hydrogens is 248 g/mol. The quantitative estimate of drug-likeness (QED) is 0.917. The molecule has 20 heavy (non-hydrogen) atoms. The Morgan fingerprint density at radius 3 is 2.80 bits per heavy atom. The second kappa shape index (κ2) is 6.10. The molecule has 2 aliphatic rings. The summed E-state index contributed by atoms with van der Waals surface area (Å²) < 4.78 is 0. The summed E-state index contributed by atoms with van der Waals surface area (Å²) in [6.45, 7) is 6.81. The minimum atomic E-state index is 0.0488. The van der Waals surface area contributed by atoms with Crippen LogP contribution in [0.4, 0.5) is 5.82 Å². The second-order valence-corrected chi connectivity index (χ2v) is 6.19. The predicted octanol–water partition coefficient (Wildman–Crippen LogP) is 2.17. The molecule has 2 fully saturated rings. The van der Waals surface area contributed by atoms with Gasteiger partial charge in [0.1, 0.15) is 5.82 Å². The molecule has 2 N–H and O–H groups in total. The van der Waals surface area contributed by atoms with Gasteiger partial charge >= 0.3 is 0 Å². The first kappa shape index (κ1) is 13.8. The molecule has 1 aromatic heterocycles. The van der Waals surface area contributed by atoms with E-state index in [1.54, 1.807) is 0 Å². The van der Waals surface area contributed by atoms with Crippen LogP contribution in [0, 0.1) is 0 Å².